The van der Waals surface area contributed by atoms with Crippen LogP contribution < -0.4 is 0 Å². The van der Waals surface area contributed by atoms with Gasteiger partial charge in [0.1, 0.15) is 0 Å². The van der Waals surface area contributed by atoms with E-state index in [1.165, 1.54) is 5.56 Å². The number of hydrogen-bond donors (Lipinski definition) is 0. The predicted octanol–water partition coefficient (Wildman–Crippen LogP) is 4.12. The van der Waals surface area contributed by atoms with Crippen LogP contribution in [0.5, 0.6) is 0 Å². The van der Waals surface area contributed by atoms with Gasteiger partial charge in [-0.15, -0.1) is 23.5 Å². The van der Waals surface area contributed by atoms with Crippen LogP contribution in [-0.2, 0) is 16.0 Å². The first kappa shape index (κ1) is 15.3. The van der Waals surface area contributed by atoms with Crippen LogP contribution in [-0.4, -0.2) is 28.2 Å². The van der Waals surface area contributed by atoms with Crippen LogP contribution in [0.4, 0.5) is 0 Å². The van der Waals surface area contributed by atoms with Crippen molar-refractivity contribution < 1.29 is 9.53 Å². The van der Waals surface area contributed by atoms with Crippen LogP contribution in [0.2, 0.25) is 0 Å². The molecule has 0 aromatic heterocycles. The summed E-state index contributed by atoms with van der Waals surface area (Å²) in [6, 6.07) is 8.18. The Kier molecular flexibility index (Phi) is 5.66. The lowest BCUT2D eigenvalue weighted by molar-refractivity contribution is -0.143. The maximum atomic E-state index is 12.3. The molecule has 0 amide bonds. The number of ether oxygens (including phenoxy) is 1. The Labute approximate surface area is 131 Å². The summed E-state index contributed by atoms with van der Waals surface area (Å²) >= 11 is 6.90. The van der Waals surface area contributed by atoms with Gasteiger partial charge in [-0.25, -0.2) is 4.79 Å². The van der Waals surface area contributed by atoms with E-state index in [0.717, 1.165) is 28.8 Å². The lowest BCUT2D eigenvalue weighted by atomic mass is 10.1. The summed E-state index contributed by atoms with van der Waals surface area (Å²) in [7, 11) is 0. The first-order valence-electron chi connectivity index (χ1n) is 6.36. The third-order valence-electron chi connectivity index (χ3n) is 2.90. The molecule has 0 saturated carbocycles. The Balaban J connectivity index is 2.17. The van der Waals surface area contributed by atoms with Gasteiger partial charge in [0.2, 0.25) is 0 Å². The van der Waals surface area contributed by atoms with Gasteiger partial charge in [-0.1, -0.05) is 28.1 Å². The van der Waals surface area contributed by atoms with E-state index >= 15 is 0 Å². The number of hydrogen-bond acceptors (Lipinski definition) is 4. The van der Waals surface area contributed by atoms with Crippen molar-refractivity contribution in [1.29, 1.82) is 0 Å². The smallest absolute Gasteiger partial charge is 0.332 e. The third-order valence-corrected chi connectivity index (χ3v) is 6.67. The van der Waals surface area contributed by atoms with Crippen molar-refractivity contribution in [1.82, 2.24) is 0 Å². The lowest BCUT2D eigenvalue weighted by Crippen LogP contribution is -2.38. The summed E-state index contributed by atoms with van der Waals surface area (Å²) in [6.07, 6.45) is 1.89. The molecule has 1 heterocycles. The number of rotatable bonds is 4. The Morgan fingerprint density at radius 1 is 1.32 bits per heavy atom. The highest BCUT2D eigenvalue weighted by atomic mass is 79.9. The highest BCUT2D eigenvalue weighted by Crippen LogP contribution is 2.45. The Morgan fingerprint density at radius 3 is 2.53 bits per heavy atom. The van der Waals surface area contributed by atoms with Crippen molar-refractivity contribution in [3.8, 4) is 0 Å². The topological polar surface area (TPSA) is 26.3 Å². The molecule has 1 aromatic carbocycles. The molecule has 5 heteroatoms. The highest BCUT2D eigenvalue weighted by Gasteiger charge is 2.42. The van der Waals surface area contributed by atoms with Crippen LogP contribution in [0.3, 0.4) is 0 Å². The zero-order valence-corrected chi connectivity index (χ0v) is 14.1. The fourth-order valence-electron chi connectivity index (χ4n) is 1.98. The second kappa shape index (κ2) is 7.04. The van der Waals surface area contributed by atoms with E-state index in [1.54, 1.807) is 23.5 Å². The number of carbonyl (C=O) groups is 1. The summed E-state index contributed by atoms with van der Waals surface area (Å²) in [5.41, 5.74) is 1.18. The molecule has 0 unspecified atom stereocenters. The lowest BCUT2D eigenvalue weighted by Gasteiger charge is -2.33. The average molecular weight is 361 g/mol. The fraction of sp³-hybridized carbons (Fsp3) is 0.500. The molecule has 0 radical (unpaired) electrons. The van der Waals surface area contributed by atoms with Crippen LogP contribution in [0.15, 0.2) is 28.7 Å². The molecule has 1 aliphatic heterocycles. The third kappa shape index (κ3) is 3.92. The monoisotopic (exact) mass is 360 g/mol. The predicted molar refractivity (Wildman–Crippen MR) is 86.7 cm³/mol. The molecule has 19 heavy (non-hydrogen) atoms. The van der Waals surface area contributed by atoms with Gasteiger partial charge >= 0.3 is 5.97 Å². The Hall–Kier alpha value is -0.130. The average Bonchev–Trinajstić information content (AvgIpc) is 2.43. The van der Waals surface area contributed by atoms with Gasteiger partial charge in [0.05, 0.1) is 6.61 Å². The molecule has 1 saturated heterocycles. The number of halogens is 1. The van der Waals surface area contributed by atoms with E-state index in [4.69, 9.17) is 4.74 Å². The molecule has 0 spiro atoms. The fourth-order valence-corrected chi connectivity index (χ4v) is 5.39. The second-order valence-corrected chi connectivity index (χ2v) is 8.29. The minimum Gasteiger partial charge on any atom is -0.464 e. The van der Waals surface area contributed by atoms with E-state index < -0.39 is 4.08 Å². The number of thioether (sulfide) groups is 2. The van der Waals surface area contributed by atoms with Crippen molar-refractivity contribution in [3.05, 3.63) is 34.3 Å². The van der Waals surface area contributed by atoms with Gasteiger partial charge in [-0.3, -0.25) is 0 Å². The first-order chi connectivity index (χ1) is 9.16. The molecule has 0 atom stereocenters. The molecule has 0 N–H and O–H groups in total. The van der Waals surface area contributed by atoms with Crippen molar-refractivity contribution in [2.45, 2.75) is 23.8 Å². The summed E-state index contributed by atoms with van der Waals surface area (Å²) in [5, 5.41) is 0. The Morgan fingerprint density at radius 2 is 1.95 bits per heavy atom. The summed E-state index contributed by atoms with van der Waals surface area (Å²) < 4.78 is 5.90. The van der Waals surface area contributed by atoms with Crippen LogP contribution in [0.25, 0.3) is 0 Å². The van der Waals surface area contributed by atoms with E-state index in [-0.39, 0.29) is 5.97 Å². The molecule has 1 aliphatic rings. The number of benzene rings is 1. The number of esters is 1. The van der Waals surface area contributed by atoms with Gasteiger partial charge in [0, 0.05) is 10.9 Å². The zero-order valence-electron chi connectivity index (χ0n) is 10.9. The summed E-state index contributed by atoms with van der Waals surface area (Å²) in [5.74, 6) is 1.98. The molecule has 104 valence electrons. The highest BCUT2D eigenvalue weighted by molar-refractivity contribution is 9.10. The molecule has 2 nitrogen and oxygen atoms in total. The van der Waals surface area contributed by atoms with Crippen molar-refractivity contribution >= 4 is 45.4 Å². The normalized spacial score (nSPS) is 18.0. The van der Waals surface area contributed by atoms with Crippen molar-refractivity contribution in [2.24, 2.45) is 0 Å². The molecule has 1 aromatic rings. The minimum atomic E-state index is -0.456. The largest absolute Gasteiger partial charge is 0.464 e. The molecule has 0 bridgehead atoms. The first-order valence-corrected chi connectivity index (χ1v) is 9.12. The van der Waals surface area contributed by atoms with Crippen LogP contribution >= 0.6 is 39.5 Å². The standard InChI is InChI=1S/C14H17BrO2S2/c1-2-17-13(16)14(18-8-3-9-19-14)10-11-4-6-12(15)7-5-11/h4-7H,2-3,8-10H2,1H3. The summed E-state index contributed by atoms with van der Waals surface area (Å²) in [4.78, 5) is 12.3. The molecular formula is C14H17BrO2S2. The SMILES string of the molecule is CCOC(=O)C1(Cc2ccc(Br)cc2)SCCCS1. The van der Waals surface area contributed by atoms with Crippen LogP contribution in [0.1, 0.15) is 18.9 Å². The van der Waals surface area contributed by atoms with Gasteiger partial charge in [-0.2, -0.15) is 0 Å². The van der Waals surface area contributed by atoms with E-state index in [2.05, 4.69) is 28.1 Å². The molecular weight excluding hydrogens is 344 g/mol. The van der Waals surface area contributed by atoms with E-state index in [9.17, 15) is 4.79 Å². The maximum absolute atomic E-state index is 12.3. The second-order valence-electron chi connectivity index (χ2n) is 4.33. The molecule has 1 fully saturated rings. The van der Waals surface area contributed by atoms with Crippen LogP contribution in [0, 0.1) is 0 Å². The van der Waals surface area contributed by atoms with Gasteiger partial charge in [0.25, 0.3) is 0 Å². The maximum Gasteiger partial charge on any atom is 0.332 e. The summed E-state index contributed by atoms with van der Waals surface area (Å²) in [6.45, 7) is 2.31. The number of carbonyl (C=O) groups excluding carboxylic acids is 1. The van der Waals surface area contributed by atoms with Crippen molar-refractivity contribution in [3.63, 3.8) is 0 Å². The zero-order chi connectivity index (χ0) is 13.7. The van der Waals surface area contributed by atoms with Gasteiger partial charge in [0.15, 0.2) is 4.08 Å². The van der Waals surface area contributed by atoms with Gasteiger partial charge < -0.3 is 4.74 Å². The molecule has 0 aliphatic carbocycles. The minimum absolute atomic E-state index is 0.0763. The van der Waals surface area contributed by atoms with E-state index in [0.29, 0.717) is 6.61 Å². The van der Waals surface area contributed by atoms with Gasteiger partial charge in [-0.05, 0) is 42.5 Å². The quantitative estimate of drug-likeness (QED) is 0.754. The Bertz CT molecular complexity index is 428. The van der Waals surface area contributed by atoms with E-state index in [1.807, 2.05) is 19.1 Å². The molecule has 2 rings (SSSR count). The van der Waals surface area contributed by atoms with Crippen molar-refractivity contribution in [2.75, 3.05) is 18.1 Å².